The lowest BCUT2D eigenvalue weighted by Gasteiger charge is -2.18. The highest BCUT2D eigenvalue weighted by Gasteiger charge is 2.16. The summed E-state index contributed by atoms with van der Waals surface area (Å²) in [5, 5.41) is 3.98. The summed E-state index contributed by atoms with van der Waals surface area (Å²) in [6, 6.07) is 14.6. The number of hydrogen-bond donors (Lipinski definition) is 0. The molecule has 1 aromatic heterocycles. The number of esters is 1. The second-order valence-corrected chi connectivity index (χ2v) is 7.66. The summed E-state index contributed by atoms with van der Waals surface area (Å²) < 4.78 is 21.3. The van der Waals surface area contributed by atoms with Crippen LogP contribution in [0.5, 0.6) is 11.5 Å². The van der Waals surface area contributed by atoms with Gasteiger partial charge in [-0.2, -0.15) is 0 Å². The molecule has 0 unspecified atom stereocenters. The van der Waals surface area contributed by atoms with E-state index < -0.39 is 5.97 Å². The van der Waals surface area contributed by atoms with Crippen molar-refractivity contribution in [2.24, 2.45) is 0 Å². The van der Waals surface area contributed by atoms with E-state index in [0.717, 1.165) is 11.1 Å². The number of methoxy groups -OCH3 is 2. The van der Waals surface area contributed by atoms with Gasteiger partial charge in [-0.25, -0.2) is 4.79 Å². The summed E-state index contributed by atoms with van der Waals surface area (Å²) in [5.74, 6) is 1.36. The smallest absolute Gasteiger partial charge is 0.338 e. The zero-order chi connectivity index (χ0) is 21.0. The maximum Gasteiger partial charge on any atom is 0.338 e. The number of aromatic nitrogens is 1. The minimum absolute atomic E-state index is 0.0244. The van der Waals surface area contributed by atoms with Crippen LogP contribution in [0.3, 0.4) is 0 Å². The molecule has 152 valence electrons. The average Bonchev–Trinajstić information content (AvgIpc) is 3.20. The molecule has 0 amide bonds. The van der Waals surface area contributed by atoms with Crippen LogP contribution in [0.2, 0.25) is 0 Å². The van der Waals surface area contributed by atoms with E-state index in [2.05, 4.69) is 25.9 Å². The molecular formula is C23H25NO5. The predicted molar refractivity (Wildman–Crippen MR) is 109 cm³/mol. The first-order chi connectivity index (χ1) is 13.8. The number of benzene rings is 2. The first kappa shape index (κ1) is 20.5. The maximum atomic E-state index is 12.3. The fourth-order valence-corrected chi connectivity index (χ4v) is 2.83. The molecule has 3 rings (SSSR count). The molecule has 6 heteroatoms. The quantitative estimate of drug-likeness (QED) is 0.546. The topological polar surface area (TPSA) is 70.8 Å². The van der Waals surface area contributed by atoms with Gasteiger partial charge in [0.15, 0.2) is 17.3 Å². The van der Waals surface area contributed by atoms with E-state index in [-0.39, 0.29) is 12.0 Å². The molecule has 0 aliphatic heterocycles. The van der Waals surface area contributed by atoms with E-state index in [4.69, 9.17) is 18.7 Å². The van der Waals surface area contributed by atoms with Crippen LogP contribution in [0.1, 0.15) is 42.4 Å². The van der Waals surface area contributed by atoms with Gasteiger partial charge in [-0.05, 0) is 41.3 Å². The van der Waals surface area contributed by atoms with E-state index in [9.17, 15) is 4.79 Å². The molecule has 0 saturated carbocycles. The molecular weight excluding hydrogens is 370 g/mol. The highest BCUT2D eigenvalue weighted by molar-refractivity contribution is 5.89. The van der Waals surface area contributed by atoms with Crippen molar-refractivity contribution in [2.75, 3.05) is 14.2 Å². The second kappa shape index (κ2) is 8.39. The van der Waals surface area contributed by atoms with Crippen molar-refractivity contribution in [3.05, 3.63) is 65.4 Å². The Morgan fingerprint density at radius 3 is 2.28 bits per heavy atom. The fraction of sp³-hybridized carbons (Fsp3) is 0.304. The lowest BCUT2D eigenvalue weighted by atomic mass is 9.87. The molecule has 1 heterocycles. The van der Waals surface area contributed by atoms with Crippen molar-refractivity contribution in [1.29, 1.82) is 0 Å². The molecule has 29 heavy (non-hydrogen) atoms. The molecule has 0 bridgehead atoms. The largest absolute Gasteiger partial charge is 0.493 e. The van der Waals surface area contributed by atoms with Crippen LogP contribution in [-0.4, -0.2) is 25.3 Å². The van der Waals surface area contributed by atoms with E-state index in [1.54, 1.807) is 44.6 Å². The lowest BCUT2D eigenvalue weighted by Crippen LogP contribution is -2.12. The summed E-state index contributed by atoms with van der Waals surface area (Å²) in [7, 11) is 3.15. The second-order valence-electron chi connectivity index (χ2n) is 7.66. The summed E-state index contributed by atoms with van der Waals surface area (Å²) in [5.41, 5.74) is 3.00. The molecule has 0 spiro atoms. The van der Waals surface area contributed by atoms with Crippen LogP contribution >= 0.6 is 0 Å². The maximum absolute atomic E-state index is 12.3. The van der Waals surface area contributed by atoms with Gasteiger partial charge in [0.1, 0.15) is 12.3 Å². The monoisotopic (exact) mass is 395 g/mol. The molecule has 0 N–H and O–H groups in total. The highest BCUT2D eigenvalue weighted by Crippen LogP contribution is 2.32. The standard InChI is InChI=1S/C23H25NO5/c1-23(2,3)17-9-6-15(7-10-17)22(25)28-14-18-13-20(29-24-18)16-8-11-19(26-4)21(12-16)27-5/h6-13H,14H2,1-5H3. The molecule has 0 fully saturated rings. The first-order valence-corrected chi connectivity index (χ1v) is 9.27. The molecule has 0 saturated heterocycles. The SMILES string of the molecule is COc1ccc(-c2cc(COC(=O)c3ccc(C(C)(C)C)cc3)no2)cc1OC. The van der Waals surface area contributed by atoms with Crippen LogP contribution in [-0.2, 0) is 16.8 Å². The molecule has 0 atom stereocenters. The number of carbonyl (C=O) groups is 1. The summed E-state index contributed by atoms with van der Waals surface area (Å²) in [4.78, 5) is 12.3. The van der Waals surface area contributed by atoms with Gasteiger partial charge in [-0.15, -0.1) is 0 Å². The Balaban J connectivity index is 1.65. The van der Waals surface area contributed by atoms with Crippen LogP contribution in [0.25, 0.3) is 11.3 Å². The highest BCUT2D eigenvalue weighted by atomic mass is 16.5. The van der Waals surface area contributed by atoms with Crippen molar-refractivity contribution in [3.63, 3.8) is 0 Å². The molecule has 3 aromatic rings. The summed E-state index contributed by atoms with van der Waals surface area (Å²) in [6.07, 6.45) is 0. The summed E-state index contributed by atoms with van der Waals surface area (Å²) in [6.45, 7) is 6.40. The van der Waals surface area contributed by atoms with E-state index >= 15 is 0 Å². The molecule has 6 nitrogen and oxygen atoms in total. The van der Waals surface area contributed by atoms with Gasteiger partial charge in [0.2, 0.25) is 0 Å². The van der Waals surface area contributed by atoms with Crippen molar-refractivity contribution in [3.8, 4) is 22.8 Å². The Bertz CT molecular complexity index is 983. The Morgan fingerprint density at radius 1 is 0.966 bits per heavy atom. The average molecular weight is 395 g/mol. The van der Waals surface area contributed by atoms with E-state index in [1.165, 1.54) is 0 Å². The van der Waals surface area contributed by atoms with Crippen molar-refractivity contribution in [1.82, 2.24) is 5.16 Å². The third-order valence-electron chi connectivity index (χ3n) is 4.56. The van der Waals surface area contributed by atoms with Crippen molar-refractivity contribution >= 4 is 5.97 Å². The van der Waals surface area contributed by atoms with Gasteiger partial charge >= 0.3 is 5.97 Å². The first-order valence-electron chi connectivity index (χ1n) is 9.27. The van der Waals surface area contributed by atoms with Crippen LogP contribution in [0.4, 0.5) is 0 Å². The van der Waals surface area contributed by atoms with Gasteiger partial charge in [0.25, 0.3) is 0 Å². The van der Waals surface area contributed by atoms with Gasteiger partial charge in [0.05, 0.1) is 19.8 Å². The number of rotatable bonds is 6. The normalized spacial score (nSPS) is 11.2. The van der Waals surface area contributed by atoms with Gasteiger partial charge in [-0.1, -0.05) is 38.1 Å². The van der Waals surface area contributed by atoms with Crippen LogP contribution in [0, 0.1) is 0 Å². The minimum atomic E-state index is -0.402. The zero-order valence-electron chi connectivity index (χ0n) is 17.3. The number of ether oxygens (including phenoxy) is 3. The van der Waals surface area contributed by atoms with Crippen LogP contribution in [0.15, 0.2) is 53.1 Å². The fourth-order valence-electron chi connectivity index (χ4n) is 2.83. The number of carbonyl (C=O) groups excluding carboxylic acids is 1. The molecule has 0 aliphatic carbocycles. The molecule has 0 radical (unpaired) electrons. The molecule has 2 aromatic carbocycles. The van der Waals surface area contributed by atoms with E-state index in [0.29, 0.717) is 28.5 Å². The third kappa shape index (κ3) is 4.77. The van der Waals surface area contributed by atoms with Gasteiger partial charge < -0.3 is 18.7 Å². The molecule has 0 aliphatic rings. The lowest BCUT2D eigenvalue weighted by molar-refractivity contribution is 0.0464. The third-order valence-corrected chi connectivity index (χ3v) is 4.56. The van der Waals surface area contributed by atoms with Gasteiger partial charge in [0, 0.05) is 11.6 Å². The van der Waals surface area contributed by atoms with Crippen molar-refractivity contribution < 1.29 is 23.5 Å². The Labute approximate surface area is 170 Å². The predicted octanol–water partition coefficient (Wildman–Crippen LogP) is 5.01. The van der Waals surface area contributed by atoms with Gasteiger partial charge in [-0.3, -0.25) is 0 Å². The number of nitrogens with zero attached hydrogens (tertiary/aromatic N) is 1. The van der Waals surface area contributed by atoms with Crippen LogP contribution < -0.4 is 9.47 Å². The van der Waals surface area contributed by atoms with Crippen molar-refractivity contribution in [2.45, 2.75) is 32.8 Å². The number of hydrogen-bond acceptors (Lipinski definition) is 6. The summed E-state index contributed by atoms with van der Waals surface area (Å²) >= 11 is 0. The minimum Gasteiger partial charge on any atom is -0.493 e. The Morgan fingerprint density at radius 2 is 1.66 bits per heavy atom. The zero-order valence-corrected chi connectivity index (χ0v) is 17.3. The Hall–Kier alpha value is -3.28. The van der Waals surface area contributed by atoms with E-state index in [1.807, 2.05) is 18.2 Å². The Kier molecular flexibility index (Phi) is 5.92.